The zero-order valence-electron chi connectivity index (χ0n) is 11.6. The molecule has 1 aromatic carbocycles. The van der Waals surface area contributed by atoms with Gasteiger partial charge >= 0.3 is 0 Å². The number of rotatable bonds is 3. The van der Waals surface area contributed by atoms with E-state index < -0.39 is 0 Å². The van der Waals surface area contributed by atoms with Crippen molar-refractivity contribution >= 4 is 5.69 Å². The highest BCUT2D eigenvalue weighted by Crippen LogP contribution is 2.26. The van der Waals surface area contributed by atoms with Gasteiger partial charge in [-0.1, -0.05) is 0 Å². The van der Waals surface area contributed by atoms with Crippen LogP contribution in [0.1, 0.15) is 38.5 Å². The Kier molecular flexibility index (Phi) is 3.92. The highest BCUT2D eigenvalue weighted by molar-refractivity contribution is 5.49. The lowest BCUT2D eigenvalue weighted by atomic mass is 10.1. The van der Waals surface area contributed by atoms with E-state index in [4.69, 9.17) is 10.5 Å². The van der Waals surface area contributed by atoms with E-state index in [1.165, 1.54) is 31.4 Å². The maximum Gasteiger partial charge on any atom is 0.119 e. The van der Waals surface area contributed by atoms with Gasteiger partial charge in [0.1, 0.15) is 5.75 Å². The second-order valence-electron chi connectivity index (χ2n) is 5.84. The van der Waals surface area contributed by atoms with Crippen molar-refractivity contribution in [2.45, 2.75) is 50.7 Å². The van der Waals surface area contributed by atoms with E-state index in [1.807, 2.05) is 0 Å². The second kappa shape index (κ2) is 5.83. The van der Waals surface area contributed by atoms with Crippen LogP contribution in [-0.2, 0) is 0 Å². The van der Waals surface area contributed by atoms with Crippen molar-refractivity contribution in [1.82, 2.24) is 0 Å². The van der Waals surface area contributed by atoms with Crippen LogP contribution in [0.3, 0.4) is 0 Å². The molecule has 0 atom stereocenters. The predicted octanol–water partition coefficient (Wildman–Crippen LogP) is 2.94. The summed E-state index contributed by atoms with van der Waals surface area (Å²) in [7, 11) is 0. The summed E-state index contributed by atoms with van der Waals surface area (Å²) in [4.78, 5) is 2.42. The van der Waals surface area contributed by atoms with Crippen LogP contribution in [0.25, 0.3) is 0 Å². The average molecular weight is 260 g/mol. The van der Waals surface area contributed by atoms with Crippen LogP contribution in [0.5, 0.6) is 5.75 Å². The molecule has 0 amide bonds. The van der Waals surface area contributed by atoms with Crippen LogP contribution in [0.2, 0.25) is 0 Å². The first kappa shape index (κ1) is 12.8. The van der Waals surface area contributed by atoms with Crippen molar-refractivity contribution in [3.8, 4) is 5.75 Å². The number of hydrogen-bond acceptors (Lipinski definition) is 3. The Hall–Kier alpha value is -1.22. The third-order valence-electron chi connectivity index (χ3n) is 4.35. The van der Waals surface area contributed by atoms with Gasteiger partial charge in [-0.3, -0.25) is 0 Å². The molecule has 104 valence electrons. The number of piperidine rings is 1. The van der Waals surface area contributed by atoms with Gasteiger partial charge in [0.15, 0.2) is 0 Å². The first-order valence-electron chi connectivity index (χ1n) is 7.58. The van der Waals surface area contributed by atoms with Gasteiger partial charge in [-0.15, -0.1) is 0 Å². The van der Waals surface area contributed by atoms with E-state index in [0.717, 1.165) is 31.7 Å². The van der Waals surface area contributed by atoms with Crippen molar-refractivity contribution in [3.63, 3.8) is 0 Å². The molecule has 19 heavy (non-hydrogen) atoms. The molecule has 1 saturated heterocycles. The number of nitrogens with zero attached hydrogens (tertiary/aromatic N) is 1. The Morgan fingerprint density at radius 2 is 1.58 bits per heavy atom. The smallest absolute Gasteiger partial charge is 0.119 e. The van der Waals surface area contributed by atoms with Crippen LogP contribution >= 0.6 is 0 Å². The van der Waals surface area contributed by atoms with Crippen molar-refractivity contribution in [3.05, 3.63) is 24.3 Å². The van der Waals surface area contributed by atoms with Gasteiger partial charge in [0.2, 0.25) is 0 Å². The molecule has 3 heteroatoms. The van der Waals surface area contributed by atoms with Crippen molar-refractivity contribution in [1.29, 1.82) is 0 Å². The lowest BCUT2D eigenvalue weighted by Gasteiger charge is -2.32. The third kappa shape index (κ3) is 3.21. The quantitative estimate of drug-likeness (QED) is 0.908. The second-order valence-corrected chi connectivity index (χ2v) is 5.84. The average Bonchev–Trinajstić information content (AvgIpc) is 2.94. The Labute approximate surface area is 115 Å². The zero-order chi connectivity index (χ0) is 13.1. The Morgan fingerprint density at radius 1 is 0.947 bits per heavy atom. The summed E-state index contributed by atoms with van der Waals surface area (Å²) < 4.78 is 6.00. The Bertz CT molecular complexity index is 390. The van der Waals surface area contributed by atoms with Gasteiger partial charge in [-0.05, 0) is 62.8 Å². The fourth-order valence-electron chi connectivity index (χ4n) is 3.09. The zero-order valence-corrected chi connectivity index (χ0v) is 11.6. The molecule has 2 fully saturated rings. The van der Waals surface area contributed by atoms with Crippen LogP contribution < -0.4 is 15.4 Å². The van der Waals surface area contributed by atoms with E-state index in [-0.39, 0.29) is 0 Å². The number of anilines is 1. The molecule has 0 spiro atoms. The summed E-state index contributed by atoms with van der Waals surface area (Å²) in [5, 5.41) is 0. The number of ether oxygens (including phenoxy) is 1. The summed E-state index contributed by atoms with van der Waals surface area (Å²) in [5.74, 6) is 1.02. The molecule has 1 aliphatic heterocycles. The monoisotopic (exact) mass is 260 g/mol. The Morgan fingerprint density at radius 3 is 2.21 bits per heavy atom. The fraction of sp³-hybridized carbons (Fsp3) is 0.625. The summed E-state index contributed by atoms with van der Waals surface area (Å²) in [6, 6.07) is 8.98. The molecule has 3 nitrogen and oxygen atoms in total. The minimum Gasteiger partial charge on any atom is -0.490 e. The molecule has 0 radical (unpaired) electrons. The molecule has 2 N–H and O–H groups in total. The molecule has 1 saturated carbocycles. The van der Waals surface area contributed by atoms with E-state index in [1.54, 1.807) is 0 Å². The lowest BCUT2D eigenvalue weighted by Crippen LogP contribution is -2.39. The maximum atomic E-state index is 6.00. The minimum absolute atomic E-state index is 0.390. The normalized spacial score (nSPS) is 21.8. The molecule has 0 aromatic heterocycles. The summed E-state index contributed by atoms with van der Waals surface area (Å²) >= 11 is 0. The highest BCUT2D eigenvalue weighted by atomic mass is 16.5. The van der Waals surface area contributed by atoms with Gasteiger partial charge in [-0.2, -0.15) is 0 Å². The van der Waals surface area contributed by atoms with Gasteiger partial charge in [-0.25, -0.2) is 0 Å². The summed E-state index contributed by atoms with van der Waals surface area (Å²) in [5.41, 5.74) is 7.24. The number of nitrogens with two attached hydrogens (primary N) is 1. The molecule has 1 heterocycles. The molecule has 1 aromatic rings. The van der Waals surface area contributed by atoms with Crippen LogP contribution in [0.4, 0.5) is 5.69 Å². The van der Waals surface area contributed by atoms with Gasteiger partial charge in [0.05, 0.1) is 6.10 Å². The topological polar surface area (TPSA) is 38.5 Å². The molecule has 3 rings (SSSR count). The van der Waals surface area contributed by atoms with Crippen LogP contribution in [-0.4, -0.2) is 25.2 Å². The van der Waals surface area contributed by atoms with E-state index in [2.05, 4.69) is 29.2 Å². The lowest BCUT2D eigenvalue weighted by molar-refractivity contribution is 0.210. The number of hydrogen-bond donors (Lipinski definition) is 1. The van der Waals surface area contributed by atoms with Crippen molar-refractivity contribution < 1.29 is 4.74 Å². The highest BCUT2D eigenvalue weighted by Gasteiger charge is 2.18. The van der Waals surface area contributed by atoms with Gasteiger partial charge in [0.25, 0.3) is 0 Å². The van der Waals surface area contributed by atoms with E-state index in [0.29, 0.717) is 12.1 Å². The van der Waals surface area contributed by atoms with E-state index >= 15 is 0 Å². The number of benzene rings is 1. The maximum absolute atomic E-state index is 6.00. The molecular weight excluding hydrogens is 236 g/mol. The summed E-state index contributed by atoms with van der Waals surface area (Å²) in [6.45, 7) is 2.15. The molecule has 0 bridgehead atoms. The van der Waals surface area contributed by atoms with E-state index in [9.17, 15) is 0 Å². The first-order chi connectivity index (χ1) is 9.31. The SMILES string of the molecule is NC1CCN(c2ccc(OC3CCCC3)cc2)CC1. The molecule has 1 aliphatic carbocycles. The minimum atomic E-state index is 0.390. The largest absolute Gasteiger partial charge is 0.490 e. The van der Waals surface area contributed by atoms with Crippen molar-refractivity contribution in [2.75, 3.05) is 18.0 Å². The molecule has 2 aliphatic rings. The molecular formula is C16H24N2O. The fourth-order valence-corrected chi connectivity index (χ4v) is 3.09. The Balaban J connectivity index is 1.58. The predicted molar refractivity (Wildman–Crippen MR) is 78.7 cm³/mol. The molecule has 0 unspecified atom stereocenters. The van der Waals surface area contributed by atoms with Crippen molar-refractivity contribution in [2.24, 2.45) is 5.73 Å². The van der Waals surface area contributed by atoms with Crippen LogP contribution in [0, 0.1) is 0 Å². The first-order valence-corrected chi connectivity index (χ1v) is 7.58. The third-order valence-corrected chi connectivity index (χ3v) is 4.35. The van der Waals surface area contributed by atoms with Crippen LogP contribution in [0.15, 0.2) is 24.3 Å². The van der Waals surface area contributed by atoms with Gasteiger partial charge in [0, 0.05) is 24.8 Å². The van der Waals surface area contributed by atoms with Gasteiger partial charge < -0.3 is 15.4 Å². The summed E-state index contributed by atoms with van der Waals surface area (Å²) in [6.07, 6.45) is 7.70. The standard InChI is InChI=1S/C16H24N2O/c17-13-9-11-18(12-10-13)14-5-7-16(8-6-14)19-15-3-1-2-4-15/h5-8,13,15H,1-4,9-12,17H2.